The van der Waals surface area contributed by atoms with Gasteiger partial charge in [-0.3, -0.25) is 9.59 Å². The Morgan fingerprint density at radius 3 is 2.84 bits per heavy atom. The number of hydrogen-bond donors (Lipinski definition) is 2. The highest BCUT2D eigenvalue weighted by molar-refractivity contribution is 6.15. The van der Waals surface area contributed by atoms with Gasteiger partial charge in [0.1, 0.15) is 5.41 Å². The number of cyclic esters (lactones) is 1. The first-order chi connectivity index (χ1) is 11.9. The molecule has 2 spiro atoms. The second kappa shape index (κ2) is 4.93. The summed E-state index contributed by atoms with van der Waals surface area (Å²) < 4.78 is 11.1. The van der Waals surface area contributed by atoms with Crippen molar-refractivity contribution >= 4 is 11.8 Å². The van der Waals surface area contributed by atoms with Gasteiger partial charge in [-0.2, -0.15) is 0 Å². The summed E-state index contributed by atoms with van der Waals surface area (Å²) in [6.07, 6.45) is 1.77. The molecule has 2 heterocycles. The number of esters is 1. The molecule has 5 aliphatic rings. The van der Waals surface area contributed by atoms with E-state index in [2.05, 4.69) is 6.58 Å². The highest BCUT2D eigenvalue weighted by Crippen LogP contribution is 2.67. The zero-order valence-electron chi connectivity index (χ0n) is 14.1. The van der Waals surface area contributed by atoms with Crippen LogP contribution in [-0.2, 0) is 19.1 Å². The molecule has 0 aromatic rings. The zero-order chi connectivity index (χ0) is 17.6. The molecule has 2 bridgehead atoms. The monoisotopic (exact) mass is 348 g/mol. The van der Waals surface area contributed by atoms with Gasteiger partial charge in [0.05, 0.1) is 19.3 Å². The van der Waals surface area contributed by atoms with E-state index < -0.39 is 35.1 Å². The van der Waals surface area contributed by atoms with E-state index in [0.29, 0.717) is 25.0 Å². The minimum atomic E-state index is -1.32. The molecule has 0 aromatic heterocycles. The number of carbonyl (C=O) groups is 2. The van der Waals surface area contributed by atoms with Crippen molar-refractivity contribution in [3.8, 4) is 0 Å². The highest BCUT2D eigenvalue weighted by atomic mass is 16.6. The highest BCUT2D eigenvalue weighted by Gasteiger charge is 2.74. The second-order valence-corrected chi connectivity index (χ2v) is 8.72. The van der Waals surface area contributed by atoms with E-state index in [-0.39, 0.29) is 30.1 Å². The summed E-state index contributed by atoms with van der Waals surface area (Å²) in [5.74, 6) is -1.45. The van der Waals surface area contributed by atoms with E-state index in [1.54, 1.807) is 0 Å². The largest absolute Gasteiger partial charge is 0.464 e. The van der Waals surface area contributed by atoms with E-state index in [1.807, 2.05) is 0 Å². The molecule has 2 aliphatic heterocycles. The number of carbonyl (C=O) groups excluding carboxylic acids is 2. The van der Waals surface area contributed by atoms with Crippen LogP contribution >= 0.6 is 0 Å². The summed E-state index contributed by atoms with van der Waals surface area (Å²) in [6.45, 7) is 4.55. The van der Waals surface area contributed by atoms with Crippen LogP contribution in [0.25, 0.3) is 0 Å². The predicted molar refractivity (Wildman–Crippen MR) is 85.0 cm³/mol. The first kappa shape index (κ1) is 16.0. The molecular formula is C19H24O6. The van der Waals surface area contributed by atoms with Crippen molar-refractivity contribution in [2.45, 2.75) is 44.5 Å². The number of fused-ring (bicyclic) bond motifs is 4. The Morgan fingerprint density at radius 1 is 1.24 bits per heavy atom. The fourth-order valence-electron chi connectivity index (χ4n) is 6.99. The molecule has 6 nitrogen and oxygen atoms in total. The molecule has 2 saturated heterocycles. The Morgan fingerprint density at radius 2 is 2.04 bits per heavy atom. The molecule has 5 rings (SSSR count). The normalized spacial score (nSPS) is 54.4. The van der Waals surface area contributed by atoms with E-state index in [4.69, 9.17) is 9.47 Å². The number of aliphatic hydroxyl groups excluding tert-OH is 2. The third-order valence-electron chi connectivity index (χ3n) is 7.83. The lowest BCUT2D eigenvalue weighted by molar-refractivity contribution is -0.235. The number of hydrogen-bond acceptors (Lipinski definition) is 6. The van der Waals surface area contributed by atoms with Crippen LogP contribution < -0.4 is 0 Å². The molecule has 2 N–H and O–H groups in total. The maximum atomic E-state index is 13.1. The van der Waals surface area contributed by atoms with Crippen LogP contribution in [0.1, 0.15) is 32.1 Å². The summed E-state index contributed by atoms with van der Waals surface area (Å²) in [7, 11) is 0. The summed E-state index contributed by atoms with van der Waals surface area (Å²) in [6, 6.07) is 0. The van der Waals surface area contributed by atoms with Crippen molar-refractivity contribution in [2.24, 2.45) is 34.5 Å². The SMILES string of the molecule is C=C1C(=O)C23CC1CC(O)C2C1(CCCC2COC(O)C21)COC3=O. The van der Waals surface area contributed by atoms with Gasteiger partial charge in [0, 0.05) is 17.3 Å². The minimum Gasteiger partial charge on any atom is -0.464 e. The van der Waals surface area contributed by atoms with Crippen LogP contribution in [0.5, 0.6) is 0 Å². The number of ether oxygens (including phenoxy) is 2. The Labute approximate surface area is 146 Å². The number of allylic oxidation sites excluding steroid dienone is 1. The van der Waals surface area contributed by atoms with Gasteiger partial charge in [-0.05, 0) is 43.1 Å². The van der Waals surface area contributed by atoms with Gasteiger partial charge < -0.3 is 19.7 Å². The van der Waals surface area contributed by atoms with Crippen molar-refractivity contribution in [1.29, 1.82) is 0 Å². The number of rotatable bonds is 0. The quantitative estimate of drug-likeness (QED) is 0.382. The summed E-state index contributed by atoms with van der Waals surface area (Å²) in [4.78, 5) is 25.9. The molecule has 136 valence electrons. The molecule has 25 heavy (non-hydrogen) atoms. The van der Waals surface area contributed by atoms with Gasteiger partial charge in [0.25, 0.3) is 0 Å². The Hall–Kier alpha value is -1.24. The van der Waals surface area contributed by atoms with Crippen LogP contribution in [-0.4, -0.2) is 47.6 Å². The maximum absolute atomic E-state index is 13.1. The smallest absolute Gasteiger partial charge is 0.320 e. The molecule has 8 atom stereocenters. The second-order valence-electron chi connectivity index (χ2n) is 8.72. The zero-order valence-corrected chi connectivity index (χ0v) is 14.1. The fraction of sp³-hybridized carbons (Fsp3) is 0.789. The topological polar surface area (TPSA) is 93.1 Å². The van der Waals surface area contributed by atoms with E-state index in [9.17, 15) is 19.8 Å². The molecule has 0 amide bonds. The van der Waals surface area contributed by atoms with Crippen molar-refractivity contribution in [3.05, 3.63) is 12.2 Å². The molecule has 8 unspecified atom stereocenters. The van der Waals surface area contributed by atoms with Crippen molar-refractivity contribution in [2.75, 3.05) is 13.2 Å². The lowest BCUT2D eigenvalue weighted by Gasteiger charge is -2.59. The number of ketones is 1. The summed E-state index contributed by atoms with van der Waals surface area (Å²) in [5.41, 5.74) is -1.47. The van der Waals surface area contributed by atoms with Gasteiger partial charge in [0.15, 0.2) is 12.1 Å². The minimum absolute atomic E-state index is 0.148. The first-order valence-electron chi connectivity index (χ1n) is 9.30. The van der Waals surface area contributed by atoms with Gasteiger partial charge in [-0.25, -0.2) is 0 Å². The predicted octanol–water partition coefficient (Wildman–Crippen LogP) is 0.807. The van der Waals surface area contributed by atoms with E-state index in [1.165, 1.54) is 0 Å². The molecular weight excluding hydrogens is 324 g/mol. The van der Waals surface area contributed by atoms with E-state index >= 15 is 0 Å². The fourth-order valence-corrected chi connectivity index (χ4v) is 6.99. The van der Waals surface area contributed by atoms with Crippen molar-refractivity contribution < 1.29 is 29.3 Å². The van der Waals surface area contributed by atoms with E-state index in [0.717, 1.165) is 19.3 Å². The molecule has 3 saturated carbocycles. The van der Waals surface area contributed by atoms with Gasteiger partial charge >= 0.3 is 5.97 Å². The molecule has 3 aliphatic carbocycles. The Kier molecular flexibility index (Phi) is 3.15. The van der Waals surface area contributed by atoms with Crippen LogP contribution in [0.15, 0.2) is 12.2 Å². The van der Waals surface area contributed by atoms with Crippen LogP contribution in [0.4, 0.5) is 0 Å². The maximum Gasteiger partial charge on any atom is 0.320 e. The molecule has 6 heteroatoms. The average molecular weight is 348 g/mol. The number of Topliss-reactive ketones (excluding diaryl/α,β-unsaturated/α-hetero) is 1. The Balaban J connectivity index is 1.69. The number of aliphatic hydroxyl groups is 2. The van der Waals surface area contributed by atoms with Crippen LogP contribution in [0.3, 0.4) is 0 Å². The third-order valence-corrected chi connectivity index (χ3v) is 7.83. The van der Waals surface area contributed by atoms with Gasteiger partial charge in [0.2, 0.25) is 0 Å². The van der Waals surface area contributed by atoms with Gasteiger partial charge in [-0.15, -0.1) is 0 Å². The molecule has 5 fully saturated rings. The summed E-state index contributed by atoms with van der Waals surface area (Å²) >= 11 is 0. The lowest BCUT2D eigenvalue weighted by atomic mass is 9.46. The summed E-state index contributed by atoms with van der Waals surface area (Å²) in [5, 5.41) is 21.6. The Bertz CT molecular complexity index is 671. The van der Waals surface area contributed by atoms with Gasteiger partial charge in [-0.1, -0.05) is 13.0 Å². The first-order valence-corrected chi connectivity index (χ1v) is 9.30. The lowest BCUT2D eigenvalue weighted by Crippen LogP contribution is -2.66. The average Bonchev–Trinajstić information content (AvgIpc) is 3.06. The molecule has 0 aromatic carbocycles. The molecule has 0 radical (unpaired) electrons. The van der Waals surface area contributed by atoms with Crippen LogP contribution in [0, 0.1) is 34.5 Å². The van der Waals surface area contributed by atoms with Crippen molar-refractivity contribution in [3.63, 3.8) is 0 Å². The standard InChI is InChI=1S/C19H24O6/c1-9-11-5-12(20)14-18(4-2-3-10-7-24-16(22)13(10)18)8-25-17(23)19(14,6-11)15(9)21/h10-14,16,20,22H,1-8H2. The van der Waals surface area contributed by atoms with Crippen LogP contribution in [0.2, 0.25) is 0 Å². The third kappa shape index (κ3) is 1.71. The van der Waals surface area contributed by atoms with Crippen molar-refractivity contribution in [1.82, 2.24) is 0 Å².